The molecular formula is C26H30FNO5. The lowest BCUT2D eigenvalue weighted by Crippen LogP contribution is -2.37. The Morgan fingerprint density at radius 2 is 1.82 bits per heavy atom. The van der Waals surface area contributed by atoms with E-state index in [0.717, 1.165) is 12.0 Å². The fraction of sp³-hybridized carbons (Fsp3) is 0.385. The summed E-state index contributed by atoms with van der Waals surface area (Å²) in [6.07, 6.45) is 1.34. The van der Waals surface area contributed by atoms with Crippen molar-refractivity contribution in [2.75, 3.05) is 5.32 Å². The lowest BCUT2D eigenvalue weighted by atomic mass is 9.80. The zero-order valence-electron chi connectivity index (χ0n) is 18.9. The summed E-state index contributed by atoms with van der Waals surface area (Å²) in [6.45, 7) is 3.87. The maximum Gasteiger partial charge on any atom is 0.409 e. The lowest BCUT2D eigenvalue weighted by Gasteiger charge is -2.35. The van der Waals surface area contributed by atoms with E-state index in [2.05, 4.69) is 5.32 Å². The summed E-state index contributed by atoms with van der Waals surface area (Å²) in [6, 6.07) is 13.1. The van der Waals surface area contributed by atoms with Gasteiger partial charge in [0.2, 0.25) is 0 Å². The van der Waals surface area contributed by atoms with Crippen LogP contribution in [0.3, 0.4) is 0 Å². The molecule has 1 heterocycles. The van der Waals surface area contributed by atoms with Gasteiger partial charge in [-0.2, -0.15) is 0 Å². The molecule has 0 aliphatic carbocycles. The molecule has 2 aromatic carbocycles. The predicted octanol–water partition coefficient (Wildman–Crippen LogP) is 6.20. The second-order valence-corrected chi connectivity index (χ2v) is 8.28. The van der Waals surface area contributed by atoms with E-state index in [0.29, 0.717) is 36.9 Å². The number of anilines is 1. The second-order valence-electron chi connectivity index (χ2n) is 8.28. The first-order valence-corrected chi connectivity index (χ1v) is 11.3. The Hall–Kier alpha value is -3.35. The highest BCUT2D eigenvalue weighted by Gasteiger charge is 2.40. The number of hydrogen-bond donors (Lipinski definition) is 3. The Morgan fingerprint density at radius 1 is 1.12 bits per heavy atom. The summed E-state index contributed by atoms with van der Waals surface area (Å²) >= 11 is 0. The first-order chi connectivity index (χ1) is 15.8. The van der Waals surface area contributed by atoms with E-state index in [4.69, 9.17) is 4.74 Å². The molecule has 3 rings (SSSR count). The van der Waals surface area contributed by atoms with Crippen LogP contribution >= 0.6 is 0 Å². The number of carbonyl (C=O) groups excluding carboxylic acids is 1. The molecule has 0 saturated heterocycles. The largest absolute Gasteiger partial charge is 0.511 e. The van der Waals surface area contributed by atoms with E-state index < -0.39 is 30.0 Å². The highest BCUT2D eigenvalue weighted by Crippen LogP contribution is 2.41. The third kappa shape index (κ3) is 5.72. The molecule has 6 nitrogen and oxygen atoms in total. The van der Waals surface area contributed by atoms with Gasteiger partial charge in [0.05, 0.1) is 11.5 Å². The van der Waals surface area contributed by atoms with Crippen LogP contribution in [0, 0.1) is 11.7 Å². The number of aryl methyl sites for hydroxylation is 1. The van der Waals surface area contributed by atoms with E-state index in [9.17, 15) is 24.2 Å². The van der Waals surface area contributed by atoms with Gasteiger partial charge in [0.15, 0.2) is 0 Å². The number of aliphatic hydroxyl groups is 1. The summed E-state index contributed by atoms with van der Waals surface area (Å²) in [4.78, 5) is 24.3. The summed E-state index contributed by atoms with van der Waals surface area (Å²) < 4.78 is 19.1. The van der Waals surface area contributed by atoms with Gasteiger partial charge in [0, 0.05) is 11.6 Å². The van der Waals surface area contributed by atoms with Crippen molar-refractivity contribution in [2.24, 2.45) is 5.92 Å². The van der Waals surface area contributed by atoms with E-state index >= 15 is 0 Å². The number of cyclic esters (lactones) is 1. The number of carbonyl (C=O) groups is 2. The normalized spacial score (nSPS) is 19.2. The number of carboxylic acid groups (broad SMARTS) is 1. The highest BCUT2D eigenvalue weighted by atomic mass is 19.1. The van der Waals surface area contributed by atoms with Crippen LogP contribution in [0.2, 0.25) is 0 Å². The number of rotatable bonds is 9. The molecule has 176 valence electrons. The quantitative estimate of drug-likeness (QED) is 0.392. The summed E-state index contributed by atoms with van der Waals surface area (Å²) in [5.41, 5.74) is 2.07. The number of nitrogens with one attached hydrogen (secondary N) is 1. The Kier molecular flexibility index (Phi) is 8.09. The molecule has 3 N–H and O–H groups in total. The Morgan fingerprint density at radius 3 is 2.45 bits per heavy atom. The number of esters is 1. The topological polar surface area (TPSA) is 95.9 Å². The van der Waals surface area contributed by atoms with Gasteiger partial charge >= 0.3 is 12.1 Å². The molecule has 7 heteroatoms. The molecule has 0 spiro atoms. The summed E-state index contributed by atoms with van der Waals surface area (Å²) in [5, 5.41) is 22.9. The van der Waals surface area contributed by atoms with Gasteiger partial charge in [0.25, 0.3) is 0 Å². The number of halogens is 1. The summed E-state index contributed by atoms with van der Waals surface area (Å²) in [7, 11) is 0. The molecule has 1 amide bonds. The molecule has 1 aliphatic heterocycles. The van der Waals surface area contributed by atoms with Gasteiger partial charge in [-0.25, -0.2) is 14.0 Å². The predicted molar refractivity (Wildman–Crippen MR) is 124 cm³/mol. The van der Waals surface area contributed by atoms with Crippen LogP contribution in [0.5, 0.6) is 0 Å². The van der Waals surface area contributed by atoms with Crippen LogP contribution in [-0.4, -0.2) is 28.4 Å². The van der Waals surface area contributed by atoms with Crippen LogP contribution in [0.4, 0.5) is 14.9 Å². The lowest BCUT2D eigenvalue weighted by molar-refractivity contribution is -0.151. The average Bonchev–Trinajstić information content (AvgIpc) is 2.78. The smallest absolute Gasteiger partial charge is 0.409 e. The molecular weight excluding hydrogens is 425 g/mol. The van der Waals surface area contributed by atoms with Crippen molar-refractivity contribution in [1.29, 1.82) is 0 Å². The molecule has 1 aliphatic rings. The van der Waals surface area contributed by atoms with E-state index in [-0.39, 0.29) is 17.1 Å². The van der Waals surface area contributed by atoms with E-state index in [1.807, 2.05) is 13.8 Å². The maximum absolute atomic E-state index is 13.3. The van der Waals surface area contributed by atoms with Crippen LogP contribution < -0.4 is 5.32 Å². The third-order valence-corrected chi connectivity index (χ3v) is 6.12. The number of benzene rings is 2. The van der Waals surface area contributed by atoms with Crippen molar-refractivity contribution in [3.63, 3.8) is 0 Å². The van der Waals surface area contributed by atoms with Gasteiger partial charge in [-0.1, -0.05) is 50.6 Å². The minimum atomic E-state index is -1.21. The molecule has 0 aromatic heterocycles. The van der Waals surface area contributed by atoms with Crippen molar-refractivity contribution >= 4 is 17.7 Å². The van der Waals surface area contributed by atoms with Crippen molar-refractivity contribution in [2.45, 2.75) is 58.0 Å². The Balaban J connectivity index is 1.98. The van der Waals surface area contributed by atoms with Crippen LogP contribution in [-0.2, 0) is 16.0 Å². The Labute approximate surface area is 193 Å². The van der Waals surface area contributed by atoms with E-state index in [1.54, 1.807) is 36.4 Å². The van der Waals surface area contributed by atoms with Gasteiger partial charge in [-0.05, 0) is 55.0 Å². The number of aliphatic hydroxyl groups excluding tert-OH is 1. The Bertz CT molecular complexity index is 1020. The molecule has 33 heavy (non-hydrogen) atoms. The van der Waals surface area contributed by atoms with Crippen molar-refractivity contribution in [3.8, 4) is 0 Å². The standard InChI is InChI=1S/C26H30FNO5/c1-3-7-22-20(15-12-16-10-13-17(27)14-11-16)24(29)23(25(30)33-22)18(4-2)19-8-5-6-9-21(19)28-26(31)32/h5-6,8-11,13-14,18,20,22,28-29H,3-4,7,12,15H2,1-2H3,(H,31,32). The monoisotopic (exact) mass is 455 g/mol. The van der Waals surface area contributed by atoms with E-state index in [1.165, 1.54) is 12.1 Å². The molecule has 0 fully saturated rings. The zero-order chi connectivity index (χ0) is 24.0. The fourth-order valence-electron chi connectivity index (χ4n) is 4.53. The minimum absolute atomic E-state index is 0.00351. The van der Waals surface area contributed by atoms with Crippen LogP contribution in [0.15, 0.2) is 59.9 Å². The van der Waals surface area contributed by atoms with Gasteiger partial charge in [-0.15, -0.1) is 0 Å². The minimum Gasteiger partial charge on any atom is -0.511 e. The van der Waals surface area contributed by atoms with Gasteiger partial charge in [0.1, 0.15) is 17.7 Å². The summed E-state index contributed by atoms with van der Waals surface area (Å²) in [5.74, 6) is -1.80. The molecule has 0 saturated carbocycles. The molecule has 2 aromatic rings. The van der Waals surface area contributed by atoms with Crippen molar-refractivity contribution in [1.82, 2.24) is 0 Å². The van der Waals surface area contributed by atoms with Gasteiger partial charge in [-0.3, -0.25) is 5.32 Å². The van der Waals surface area contributed by atoms with Gasteiger partial charge < -0.3 is 14.9 Å². The third-order valence-electron chi connectivity index (χ3n) is 6.12. The SMILES string of the molecule is CCCC1OC(=O)C(C(CC)c2ccccc2NC(=O)O)=C(O)C1CCc1ccc(F)cc1. The van der Waals surface area contributed by atoms with Crippen LogP contribution in [0.25, 0.3) is 0 Å². The fourth-order valence-corrected chi connectivity index (χ4v) is 4.53. The first-order valence-electron chi connectivity index (χ1n) is 11.3. The maximum atomic E-state index is 13.3. The molecule has 3 atom stereocenters. The number of para-hydroxylation sites is 1. The molecule has 0 radical (unpaired) electrons. The van der Waals surface area contributed by atoms with Crippen molar-refractivity contribution in [3.05, 3.63) is 76.8 Å². The molecule has 0 bridgehead atoms. The van der Waals surface area contributed by atoms with Crippen molar-refractivity contribution < 1.29 is 28.9 Å². The number of hydrogen-bond acceptors (Lipinski definition) is 4. The number of ether oxygens (including phenoxy) is 1. The average molecular weight is 456 g/mol. The first kappa shape index (κ1) is 24.3. The molecule has 3 unspecified atom stereocenters. The number of amides is 1. The van der Waals surface area contributed by atoms with Crippen LogP contribution in [0.1, 0.15) is 56.6 Å². The zero-order valence-corrected chi connectivity index (χ0v) is 18.9. The highest BCUT2D eigenvalue weighted by molar-refractivity contribution is 5.93. The second kappa shape index (κ2) is 11.0.